The van der Waals surface area contributed by atoms with Crippen LogP contribution in [0.15, 0.2) is 53.8 Å². The molecule has 4 rings (SSSR count). The second-order valence-electron chi connectivity index (χ2n) is 8.63. The first kappa shape index (κ1) is 28.6. The number of nitrogens with zero attached hydrogens (tertiary/aromatic N) is 3. The van der Waals surface area contributed by atoms with Crippen molar-refractivity contribution in [3.63, 3.8) is 0 Å². The van der Waals surface area contributed by atoms with Crippen molar-refractivity contribution in [1.82, 2.24) is 20.4 Å². The van der Waals surface area contributed by atoms with Gasteiger partial charge in [0.05, 0.1) is 13.7 Å². The maximum absolute atomic E-state index is 14.3. The van der Waals surface area contributed by atoms with Gasteiger partial charge in [0, 0.05) is 35.3 Å². The van der Waals surface area contributed by atoms with Crippen LogP contribution in [-0.4, -0.2) is 48.2 Å². The molecule has 3 N–H and O–H groups in total. The summed E-state index contributed by atoms with van der Waals surface area (Å²) in [7, 11) is -3.17. The number of pyridine rings is 1. The Morgan fingerprint density at radius 1 is 1.05 bits per heavy atom. The molecule has 0 saturated carbocycles. The molecule has 11 nitrogen and oxygen atoms in total. The maximum atomic E-state index is 14.3. The molecule has 0 aliphatic rings. The van der Waals surface area contributed by atoms with E-state index in [1.54, 1.807) is 24.5 Å². The summed E-state index contributed by atoms with van der Waals surface area (Å²) in [5, 5.41) is 9.30. The van der Waals surface area contributed by atoms with Crippen LogP contribution in [0.25, 0.3) is 22.0 Å². The number of anilines is 1. The van der Waals surface area contributed by atoms with Crippen molar-refractivity contribution in [2.75, 3.05) is 18.4 Å². The van der Waals surface area contributed by atoms with Gasteiger partial charge >= 0.3 is 0 Å². The molecule has 2 aromatic heterocycles. The van der Waals surface area contributed by atoms with Gasteiger partial charge in [-0.05, 0) is 55.7 Å². The van der Waals surface area contributed by atoms with Crippen LogP contribution >= 0.6 is 0 Å². The van der Waals surface area contributed by atoms with E-state index in [0.717, 1.165) is 12.1 Å². The van der Waals surface area contributed by atoms with E-state index in [-0.39, 0.29) is 24.6 Å². The SMILES string of the molecule is COc1ncc(-c2cc(OCCCCC(=O)NO)c3ncnc(C)c3c2)cc1NS(=O)(=O)c1ccc(F)cc1F. The average molecular weight is 574 g/mol. The summed E-state index contributed by atoms with van der Waals surface area (Å²) in [5.74, 6) is -2.30. The first-order valence-electron chi connectivity index (χ1n) is 12.0. The topological polar surface area (TPSA) is 153 Å². The molecular formula is C26H25F2N5O6S. The molecule has 0 aliphatic carbocycles. The Morgan fingerprint density at radius 2 is 1.85 bits per heavy atom. The third-order valence-corrected chi connectivity index (χ3v) is 7.29. The van der Waals surface area contributed by atoms with Gasteiger partial charge in [-0.2, -0.15) is 0 Å². The summed E-state index contributed by atoms with van der Waals surface area (Å²) in [6, 6.07) is 7.10. The van der Waals surface area contributed by atoms with Crippen LogP contribution in [0.4, 0.5) is 14.5 Å². The van der Waals surface area contributed by atoms with Crippen LogP contribution in [-0.2, 0) is 14.8 Å². The van der Waals surface area contributed by atoms with Crippen LogP contribution < -0.4 is 19.7 Å². The molecule has 2 heterocycles. The lowest BCUT2D eigenvalue weighted by molar-refractivity contribution is -0.129. The third kappa shape index (κ3) is 6.40. The number of methoxy groups -OCH3 is 1. The molecule has 1 amide bonds. The van der Waals surface area contributed by atoms with Gasteiger partial charge in [0.25, 0.3) is 10.0 Å². The smallest absolute Gasteiger partial charge is 0.264 e. The number of ether oxygens (including phenoxy) is 2. The zero-order valence-corrected chi connectivity index (χ0v) is 22.3. The van der Waals surface area contributed by atoms with Crippen molar-refractivity contribution >= 4 is 32.5 Å². The first-order chi connectivity index (χ1) is 19.1. The van der Waals surface area contributed by atoms with Crippen molar-refractivity contribution in [3.05, 3.63) is 66.3 Å². The maximum Gasteiger partial charge on any atom is 0.264 e. The second-order valence-corrected chi connectivity index (χ2v) is 10.3. The Hall–Kier alpha value is -4.43. The number of amides is 1. The highest BCUT2D eigenvalue weighted by Gasteiger charge is 2.22. The fourth-order valence-corrected chi connectivity index (χ4v) is 5.01. The number of aromatic nitrogens is 3. The zero-order chi connectivity index (χ0) is 28.9. The van der Waals surface area contributed by atoms with Crippen molar-refractivity contribution < 1.29 is 36.7 Å². The Bertz CT molecular complexity index is 1670. The van der Waals surface area contributed by atoms with Crippen LogP contribution in [0, 0.1) is 18.6 Å². The minimum absolute atomic E-state index is 0.0708. The number of benzene rings is 2. The number of aryl methyl sites for hydroxylation is 1. The second kappa shape index (κ2) is 12.2. The van der Waals surface area contributed by atoms with E-state index < -0.39 is 32.5 Å². The Labute approximate surface area is 228 Å². The highest BCUT2D eigenvalue weighted by atomic mass is 32.2. The fourth-order valence-electron chi connectivity index (χ4n) is 3.90. The average Bonchev–Trinajstić information content (AvgIpc) is 2.92. The highest BCUT2D eigenvalue weighted by Crippen LogP contribution is 2.35. The Balaban J connectivity index is 1.69. The minimum atomic E-state index is -4.47. The molecule has 210 valence electrons. The highest BCUT2D eigenvalue weighted by molar-refractivity contribution is 7.92. The van der Waals surface area contributed by atoms with Gasteiger partial charge < -0.3 is 9.47 Å². The zero-order valence-electron chi connectivity index (χ0n) is 21.4. The van der Waals surface area contributed by atoms with E-state index in [9.17, 15) is 22.0 Å². The van der Waals surface area contributed by atoms with Crippen LogP contribution in [0.1, 0.15) is 25.0 Å². The molecule has 0 atom stereocenters. The molecule has 0 radical (unpaired) electrons. The lowest BCUT2D eigenvalue weighted by Gasteiger charge is -2.15. The van der Waals surface area contributed by atoms with Gasteiger partial charge in [0.15, 0.2) is 0 Å². The number of carbonyl (C=O) groups is 1. The molecule has 0 aliphatic heterocycles. The Morgan fingerprint density at radius 3 is 2.58 bits per heavy atom. The van der Waals surface area contributed by atoms with Crippen LogP contribution in [0.3, 0.4) is 0 Å². The van der Waals surface area contributed by atoms with E-state index in [1.165, 1.54) is 25.7 Å². The van der Waals surface area contributed by atoms with Crippen molar-refractivity contribution in [1.29, 1.82) is 0 Å². The van der Waals surface area contributed by atoms with Crippen LogP contribution in [0.5, 0.6) is 11.6 Å². The summed E-state index contributed by atoms with van der Waals surface area (Å²) in [6.45, 7) is 2.06. The molecule has 4 aromatic rings. The number of hydrogen-bond acceptors (Lipinski definition) is 9. The molecule has 2 aromatic carbocycles. The quantitative estimate of drug-likeness (QED) is 0.136. The van der Waals surface area contributed by atoms with Gasteiger partial charge in [0.2, 0.25) is 11.8 Å². The minimum Gasteiger partial charge on any atom is -0.491 e. The molecule has 0 spiro atoms. The summed E-state index contributed by atoms with van der Waals surface area (Å²) in [4.78, 5) is 23.2. The molecular weight excluding hydrogens is 548 g/mol. The molecule has 0 fully saturated rings. The standard InChI is InChI=1S/C26H25F2N5O6S/c1-15-19-9-16(11-22(25(19)31-14-30-15)39-8-4-3-5-24(34)32-35)17-10-21(26(38-2)29-13-17)33-40(36,37)23-7-6-18(27)12-20(23)28/h6-7,9-14,33,35H,3-5,8H2,1-2H3,(H,32,34). The molecule has 14 heteroatoms. The largest absolute Gasteiger partial charge is 0.491 e. The first-order valence-corrected chi connectivity index (χ1v) is 13.4. The number of halogens is 2. The van der Waals surface area contributed by atoms with E-state index in [1.807, 2.05) is 0 Å². The monoisotopic (exact) mass is 573 g/mol. The van der Waals surface area contributed by atoms with Gasteiger partial charge in [0.1, 0.15) is 39.8 Å². The molecule has 0 bridgehead atoms. The summed E-state index contributed by atoms with van der Waals surface area (Å²) < 4.78 is 66.9. The van der Waals surface area contributed by atoms with E-state index in [4.69, 9.17) is 14.7 Å². The lowest BCUT2D eigenvalue weighted by atomic mass is 10.0. The number of nitrogens with one attached hydrogen (secondary N) is 2. The number of rotatable bonds is 11. The third-order valence-electron chi connectivity index (χ3n) is 5.89. The van der Waals surface area contributed by atoms with Gasteiger partial charge in [-0.1, -0.05) is 0 Å². The number of carbonyl (C=O) groups excluding carboxylic acids is 1. The van der Waals surface area contributed by atoms with Gasteiger partial charge in [-0.25, -0.2) is 37.6 Å². The summed E-state index contributed by atoms with van der Waals surface area (Å²) in [6.07, 6.45) is 4.02. The van der Waals surface area contributed by atoms with Crippen molar-refractivity contribution in [2.45, 2.75) is 31.1 Å². The summed E-state index contributed by atoms with van der Waals surface area (Å²) in [5.41, 5.74) is 3.79. The Kier molecular flexibility index (Phi) is 8.70. The lowest BCUT2D eigenvalue weighted by Crippen LogP contribution is -2.18. The van der Waals surface area contributed by atoms with Crippen LogP contribution in [0.2, 0.25) is 0 Å². The number of fused-ring (bicyclic) bond motifs is 1. The van der Waals surface area contributed by atoms with Gasteiger partial charge in [-0.3, -0.25) is 14.7 Å². The number of hydroxylamine groups is 1. The van der Waals surface area contributed by atoms with E-state index in [2.05, 4.69) is 19.7 Å². The van der Waals surface area contributed by atoms with Crippen molar-refractivity contribution in [3.8, 4) is 22.8 Å². The predicted molar refractivity (Wildman–Crippen MR) is 140 cm³/mol. The number of hydrogen-bond donors (Lipinski definition) is 3. The molecule has 0 unspecified atom stereocenters. The summed E-state index contributed by atoms with van der Waals surface area (Å²) >= 11 is 0. The van der Waals surface area contributed by atoms with E-state index in [0.29, 0.717) is 52.4 Å². The fraction of sp³-hybridized carbons (Fsp3) is 0.231. The molecule has 0 saturated heterocycles. The van der Waals surface area contributed by atoms with Crippen molar-refractivity contribution in [2.24, 2.45) is 0 Å². The van der Waals surface area contributed by atoms with E-state index >= 15 is 0 Å². The number of unbranched alkanes of at least 4 members (excludes halogenated alkanes) is 1. The predicted octanol–water partition coefficient (Wildman–Crippen LogP) is 4.14. The molecule has 40 heavy (non-hydrogen) atoms. The normalized spacial score (nSPS) is 11.3. The van der Waals surface area contributed by atoms with Gasteiger partial charge in [-0.15, -0.1) is 0 Å². The number of sulfonamides is 1.